The molecular formula is C21H17N3O3S. The molecule has 0 spiro atoms. The van der Waals surface area contributed by atoms with Crippen molar-refractivity contribution in [1.29, 1.82) is 0 Å². The molecule has 140 valence electrons. The first-order valence-electron chi connectivity index (χ1n) is 8.59. The third kappa shape index (κ3) is 2.95. The molecule has 4 rings (SSSR count). The van der Waals surface area contributed by atoms with E-state index in [9.17, 15) is 9.59 Å². The Morgan fingerprint density at radius 3 is 2.68 bits per heavy atom. The third-order valence-electron chi connectivity index (χ3n) is 4.64. The molecule has 3 aromatic rings. The Morgan fingerprint density at radius 2 is 1.89 bits per heavy atom. The van der Waals surface area contributed by atoms with Crippen LogP contribution in [0.15, 0.2) is 60.3 Å². The number of nitrogens with zero attached hydrogens (tertiary/aromatic N) is 2. The Bertz CT molecular complexity index is 1160. The summed E-state index contributed by atoms with van der Waals surface area (Å²) < 4.78 is 7.18. The second-order valence-corrected chi connectivity index (χ2v) is 6.76. The Labute approximate surface area is 167 Å². The minimum Gasteiger partial charge on any atom is -0.497 e. The Morgan fingerprint density at radius 1 is 1.11 bits per heavy atom. The van der Waals surface area contributed by atoms with Gasteiger partial charge in [0.25, 0.3) is 11.8 Å². The van der Waals surface area contributed by atoms with E-state index in [1.807, 2.05) is 42.1 Å². The summed E-state index contributed by atoms with van der Waals surface area (Å²) in [4.78, 5) is 27.0. The van der Waals surface area contributed by atoms with E-state index in [1.54, 1.807) is 37.5 Å². The monoisotopic (exact) mass is 391 g/mol. The first kappa shape index (κ1) is 17.9. The van der Waals surface area contributed by atoms with Crippen LogP contribution in [0.3, 0.4) is 0 Å². The lowest BCUT2D eigenvalue weighted by Gasteiger charge is -2.29. The Kier molecular flexibility index (Phi) is 4.44. The maximum Gasteiger partial charge on any atom is 0.270 e. The summed E-state index contributed by atoms with van der Waals surface area (Å²) in [6.07, 6.45) is 3.50. The predicted octanol–water partition coefficient (Wildman–Crippen LogP) is 3.02. The van der Waals surface area contributed by atoms with Crippen molar-refractivity contribution in [1.82, 2.24) is 9.88 Å². The zero-order valence-electron chi connectivity index (χ0n) is 15.3. The predicted molar refractivity (Wildman–Crippen MR) is 112 cm³/mol. The van der Waals surface area contributed by atoms with E-state index in [0.29, 0.717) is 11.4 Å². The number of thiocarbonyl (C=S) groups is 1. The van der Waals surface area contributed by atoms with Gasteiger partial charge in [0, 0.05) is 35.8 Å². The van der Waals surface area contributed by atoms with Gasteiger partial charge >= 0.3 is 0 Å². The number of aromatic nitrogens is 1. The SMILES string of the molecule is COc1cccc(N2C(=O)/C(=C/c3cn(C)c4ccccc34)C(=O)NC2=S)c1. The van der Waals surface area contributed by atoms with Gasteiger partial charge in [0.15, 0.2) is 5.11 Å². The molecule has 0 atom stereocenters. The number of benzene rings is 2. The van der Waals surface area contributed by atoms with Crippen LogP contribution in [0.1, 0.15) is 5.56 Å². The topological polar surface area (TPSA) is 63.6 Å². The number of hydrogen-bond donors (Lipinski definition) is 1. The maximum absolute atomic E-state index is 13.2. The number of nitrogens with one attached hydrogen (secondary N) is 1. The fraction of sp³-hybridized carbons (Fsp3) is 0.0952. The molecule has 28 heavy (non-hydrogen) atoms. The zero-order chi connectivity index (χ0) is 19.8. The molecule has 0 radical (unpaired) electrons. The summed E-state index contributed by atoms with van der Waals surface area (Å²) in [5.74, 6) is -0.401. The molecule has 1 saturated heterocycles. The summed E-state index contributed by atoms with van der Waals surface area (Å²) in [6.45, 7) is 0. The number of carbonyl (C=O) groups excluding carboxylic acids is 2. The highest BCUT2D eigenvalue weighted by Crippen LogP contribution is 2.27. The summed E-state index contributed by atoms with van der Waals surface area (Å²) in [6, 6.07) is 14.8. The van der Waals surface area contributed by atoms with Crippen LogP contribution in [-0.2, 0) is 16.6 Å². The second kappa shape index (κ2) is 6.94. The smallest absolute Gasteiger partial charge is 0.270 e. The summed E-state index contributed by atoms with van der Waals surface area (Å²) in [5.41, 5.74) is 2.35. The largest absolute Gasteiger partial charge is 0.497 e. The quantitative estimate of drug-likeness (QED) is 0.424. The van der Waals surface area contributed by atoms with Crippen LogP contribution in [0.2, 0.25) is 0 Å². The van der Waals surface area contributed by atoms with Gasteiger partial charge in [-0.1, -0.05) is 24.3 Å². The first-order chi connectivity index (χ1) is 13.5. The molecule has 0 saturated carbocycles. The van der Waals surface area contributed by atoms with Crippen molar-refractivity contribution >= 4 is 51.8 Å². The number of amides is 2. The second-order valence-electron chi connectivity index (χ2n) is 6.37. The van der Waals surface area contributed by atoms with Crippen LogP contribution >= 0.6 is 12.2 Å². The van der Waals surface area contributed by atoms with Crippen molar-refractivity contribution in [3.8, 4) is 5.75 Å². The van der Waals surface area contributed by atoms with Crippen molar-refractivity contribution in [2.75, 3.05) is 12.0 Å². The molecule has 1 fully saturated rings. The minimum absolute atomic E-state index is 0.0211. The van der Waals surface area contributed by atoms with Gasteiger partial charge in [0.05, 0.1) is 12.8 Å². The van der Waals surface area contributed by atoms with E-state index in [-0.39, 0.29) is 10.7 Å². The molecule has 1 N–H and O–H groups in total. The number of aryl methyl sites for hydroxylation is 1. The highest BCUT2D eigenvalue weighted by Gasteiger charge is 2.34. The minimum atomic E-state index is -0.512. The highest BCUT2D eigenvalue weighted by molar-refractivity contribution is 7.80. The Balaban J connectivity index is 1.80. The lowest BCUT2D eigenvalue weighted by atomic mass is 10.1. The molecule has 6 nitrogen and oxygen atoms in total. The van der Waals surface area contributed by atoms with Crippen molar-refractivity contribution in [3.05, 3.63) is 65.9 Å². The molecule has 0 aliphatic carbocycles. The number of methoxy groups -OCH3 is 1. The molecule has 0 bridgehead atoms. The van der Waals surface area contributed by atoms with Gasteiger partial charge in [-0.2, -0.15) is 0 Å². The highest BCUT2D eigenvalue weighted by atomic mass is 32.1. The normalized spacial score (nSPS) is 16.0. The van der Waals surface area contributed by atoms with E-state index in [2.05, 4.69) is 5.32 Å². The van der Waals surface area contributed by atoms with Crippen LogP contribution in [0.25, 0.3) is 17.0 Å². The van der Waals surface area contributed by atoms with E-state index in [0.717, 1.165) is 16.5 Å². The van der Waals surface area contributed by atoms with Crippen molar-refractivity contribution in [3.63, 3.8) is 0 Å². The Hall–Kier alpha value is -3.45. The zero-order valence-corrected chi connectivity index (χ0v) is 16.1. The molecule has 1 aliphatic rings. The van der Waals surface area contributed by atoms with Crippen LogP contribution in [0.4, 0.5) is 5.69 Å². The number of anilines is 1. The van der Waals surface area contributed by atoms with E-state index >= 15 is 0 Å². The fourth-order valence-corrected chi connectivity index (χ4v) is 3.57. The first-order valence-corrected chi connectivity index (χ1v) is 9.00. The van der Waals surface area contributed by atoms with E-state index < -0.39 is 11.8 Å². The summed E-state index contributed by atoms with van der Waals surface area (Å²) in [7, 11) is 3.47. The lowest BCUT2D eigenvalue weighted by molar-refractivity contribution is -0.122. The summed E-state index contributed by atoms with van der Waals surface area (Å²) in [5, 5.41) is 3.60. The van der Waals surface area contributed by atoms with Crippen LogP contribution in [-0.4, -0.2) is 28.6 Å². The summed E-state index contributed by atoms with van der Waals surface area (Å²) >= 11 is 5.24. The molecule has 2 amide bonds. The molecule has 0 unspecified atom stereocenters. The van der Waals surface area contributed by atoms with Gasteiger partial charge in [0.2, 0.25) is 0 Å². The molecule has 2 heterocycles. The average Bonchev–Trinajstić information content (AvgIpc) is 3.01. The van der Waals surface area contributed by atoms with Gasteiger partial charge in [-0.25, -0.2) is 0 Å². The van der Waals surface area contributed by atoms with Gasteiger partial charge in [0.1, 0.15) is 11.3 Å². The lowest BCUT2D eigenvalue weighted by Crippen LogP contribution is -2.54. The van der Waals surface area contributed by atoms with E-state index in [4.69, 9.17) is 17.0 Å². The number of ether oxygens (including phenoxy) is 1. The van der Waals surface area contributed by atoms with Crippen LogP contribution in [0, 0.1) is 0 Å². The van der Waals surface area contributed by atoms with Gasteiger partial charge in [-0.05, 0) is 36.5 Å². The number of fused-ring (bicyclic) bond motifs is 1. The van der Waals surface area contributed by atoms with Crippen LogP contribution in [0.5, 0.6) is 5.75 Å². The average molecular weight is 391 g/mol. The molecular weight excluding hydrogens is 374 g/mol. The molecule has 1 aromatic heterocycles. The molecule has 1 aliphatic heterocycles. The number of carbonyl (C=O) groups is 2. The van der Waals surface area contributed by atoms with Crippen molar-refractivity contribution in [2.45, 2.75) is 0 Å². The van der Waals surface area contributed by atoms with Crippen molar-refractivity contribution < 1.29 is 14.3 Å². The number of rotatable bonds is 3. The number of hydrogen-bond acceptors (Lipinski definition) is 4. The van der Waals surface area contributed by atoms with Crippen LogP contribution < -0.4 is 15.0 Å². The maximum atomic E-state index is 13.2. The van der Waals surface area contributed by atoms with Gasteiger partial charge in [-0.15, -0.1) is 0 Å². The van der Waals surface area contributed by atoms with Crippen molar-refractivity contribution in [2.24, 2.45) is 7.05 Å². The number of para-hydroxylation sites is 1. The molecule has 7 heteroatoms. The molecule has 2 aromatic carbocycles. The van der Waals surface area contributed by atoms with Gasteiger partial charge in [-0.3, -0.25) is 19.8 Å². The third-order valence-corrected chi connectivity index (χ3v) is 4.93. The standard InChI is InChI=1S/C21H17N3O3S/c1-23-12-13(16-8-3-4-9-18(16)23)10-17-19(25)22-21(28)24(20(17)26)14-6-5-7-15(11-14)27-2/h3-12H,1-2H3,(H,22,25,28)/b17-10+. The van der Waals surface area contributed by atoms with E-state index in [1.165, 1.54) is 4.90 Å². The van der Waals surface area contributed by atoms with Gasteiger partial charge < -0.3 is 9.30 Å². The fourth-order valence-electron chi connectivity index (χ4n) is 3.29.